The van der Waals surface area contributed by atoms with Crippen molar-refractivity contribution in [2.24, 2.45) is 5.41 Å². The number of sulfonamides is 1. The Morgan fingerprint density at radius 3 is 2.50 bits per heavy atom. The number of carbonyl (C=O) groups is 1. The van der Waals surface area contributed by atoms with Gasteiger partial charge in [0.1, 0.15) is 0 Å². The highest BCUT2D eigenvalue weighted by Gasteiger charge is 2.46. The summed E-state index contributed by atoms with van der Waals surface area (Å²) < 4.78 is 24.6. The number of hydrogen-bond donors (Lipinski definition) is 1. The number of rotatable bonds is 5. The van der Waals surface area contributed by atoms with Crippen molar-refractivity contribution >= 4 is 16.0 Å². The highest BCUT2D eigenvalue weighted by Crippen LogP contribution is 2.36. The van der Waals surface area contributed by atoms with Crippen LogP contribution in [0.15, 0.2) is 0 Å². The molecular formula is C10H19NO4S. The van der Waals surface area contributed by atoms with Crippen LogP contribution < -0.4 is 0 Å². The van der Waals surface area contributed by atoms with Gasteiger partial charge in [0.2, 0.25) is 10.0 Å². The zero-order chi connectivity index (χ0) is 12.4. The van der Waals surface area contributed by atoms with Gasteiger partial charge in [0, 0.05) is 13.1 Å². The first-order chi connectivity index (χ1) is 7.38. The molecular weight excluding hydrogens is 230 g/mol. The topological polar surface area (TPSA) is 74.7 Å². The molecule has 1 N–H and O–H groups in total. The van der Waals surface area contributed by atoms with Crippen LogP contribution in [-0.4, -0.2) is 42.6 Å². The zero-order valence-electron chi connectivity index (χ0n) is 9.77. The van der Waals surface area contributed by atoms with Gasteiger partial charge < -0.3 is 5.11 Å². The van der Waals surface area contributed by atoms with Gasteiger partial charge in [-0.1, -0.05) is 13.3 Å². The quantitative estimate of drug-likeness (QED) is 0.786. The molecule has 1 aliphatic rings. The van der Waals surface area contributed by atoms with Gasteiger partial charge in [-0.2, -0.15) is 0 Å². The molecule has 5 nitrogen and oxygen atoms in total. The zero-order valence-corrected chi connectivity index (χ0v) is 10.6. The summed E-state index contributed by atoms with van der Waals surface area (Å²) in [6.45, 7) is 3.96. The number of hydrogen-bond acceptors (Lipinski definition) is 3. The van der Waals surface area contributed by atoms with E-state index in [1.54, 1.807) is 6.92 Å². The summed E-state index contributed by atoms with van der Waals surface area (Å²) in [4.78, 5) is 11.3. The molecule has 1 heterocycles. The van der Waals surface area contributed by atoms with Crippen LogP contribution in [0.1, 0.15) is 33.1 Å². The van der Waals surface area contributed by atoms with Crippen molar-refractivity contribution < 1.29 is 18.3 Å². The van der Waals surface area contributed by atoms with Crippen molar-refractivity contribution in [3.8, 4) is 0 Å². The minimum atomic E-state index is -3.25. The molecule has 1 rings (SSSR count). The molecule has 1 fully saturated rings. The lowest BCUT2D eigenvalue weighted by atomic mass is 9.83. The lowest BCUT2D eigenvalue weighted by Crippen LogP contribution is -2.37. The average Bonchev–Trinajstić information content (AvgIpc) is 2.65. The second kappa shape index (κ2) is 4.71. The van der Waals surface area contributed by atoms with Crippen molar-refractivity contribution in [3.05, 3.63) is 0 Å². The van der Waals surface area contributed by atoms with Gasteiger partial charge in [0.05, 0.1) is 11.2 Å². The summed E-state index contributed by atoms with van der Waals surface area (Å²) in [5.41, 5.74) is -0.864. The van der Waals surface area contributed by atoms with E-state index in [1.807, 2.05) is 6.92 Å². The summed E-state index contributed by atoms with van der Waals surface area (Å²) in [7, 11) is -3.25. The van der Waals surface area contributed by atoms with Crippen molar-refractivity contribution in [2.75, 3.05) is 18.8 Å². The molecule has 94 valence electrons. The van der Waals surface area contributed by atoms with Crippen LogP contribution in [0.2, 0.25) is 0 Å². The Labute approximate surface area is 96.5 Å². The molecule has 6 heteroatoms. The van der Waals surface area contributed by atoms with Crippen molar-refractivity contribution in [1.29, 1.82) is 0 Å². The molecule has 1 atom stereocenters. The summed E-state index contributed by atoms with van der Waals surface area (Å²) in [6, 6.07) is 0. The molecule has 0 bridgehead atoms. The molecule has 0 aromatic rings. The van der Waals surface area contributed by atoms with Crippen LogP contribution in [0.3, 0.4) is 0 Å². The Morgan fingerprint density at radius 2 is 2.06 bits per heavy atom. The summed E-state index contributed by atoms with van der Waals surface area (Å²) >= 11 is 0. The minimum absolute atomic E-state index is 0.0365. The molecule has 0 aliphatic carbocycles. The van der Waals surface area contributed by atoms with Gasteiger partial charge in [0.25, 0.3) is 0 Å². The van der Waals surface area contributed by atoms with Crippen molar-refractivity contribution in [1.82, 2.24) is 4.31 Å². The predicted octanol–water partition coefficient (Wildman–Crippen LogP) is 0.913. The van der Waals surface area contributed by atoms with Crippen molar-refractivity contribution in [3.63, 3.8) is 0 Å². The maximum atomic E-state index is 11.6. The lowest BCUT2D eigenvalue weighted by molar-refractivity contribution is -0.148. The van der Waals surface area contributed by atoms with E-state index in [1.165, 1.54) is 4.31 Å². The first-order valence-corrected chi connectivity index (χ1v) is 7.20. The Bertz CT molecular complexity index is 365. The van der Waals surface area contributed by atoms with Crippen LogP contribution in [0.25, 0.3) is 0 Å². The molecule has 1 aliphatic heterocycles. The summed E-state index contributed by atoms with van der Waals surface area (Å²) in [5, 5.41) is 9.23. The molecule has 1 saturated heterocycles. The fourth-order valence-electron chi connectivity index (χ4n) is 2.22. The van der Waals surface area contributed by atoms with E-state index in [-0.39, 0.29) is 12.3 Å². The van der Waals surface area contributed by atoms with Gasteiger partial charge in [0.15, 0.2) is 0 Å². The summed E-state index contributed by atoms with van der Waals surface area (Å²) in [6.07, 6.45) is 1.72. The number of aliphatic carboxylic acids is 1. The Morgan fingerprint density at radius 1 is 1.44 bits per heavy atom. The third-order valence-corrected chi connectivity index (χ3v) is 5.09. The van der Waals surface area contributed by atoms with Gasteiger partial charge in [-0.15, -0.1) is 0 Å². The van der Waals surface area contributed by atoms with Crippen LogP contribution in [0.4, 0.5) is 0 Å². The van der Waals surface area contributed by atoms with Gasteiger partial charge in [-0.25, -0.2) is 12.7 Å². The van der Waals surface area contributed by atoms with E-state index in [9.17, 15) is 18.3 Å². The van der Waals surface area contributed by atoms with Gasteiger partial charge >= 0.3 is 5.97 Å². The van der Waals surface area contributed by atoms with E-state index in [2.05, 4.69) is 0 Å². The first-order valence-electron chi connectivity index (χ1n) is 5.59. The average molecular weight is 249 g/mol. The van der Waals surface area contributed by atoms with E-state index >= 15 is 0 Å². The maximum Gasteiger partial charge on any atom is 0.311 e. The minimum Gasteiger partial charge on any atom is -0.481 e. The van der Waals surface area contributed by atoms with E-state index in [0.29, 0.717) is 19.4 Å². The van der Waals surface area contributed by atoms with E-state index in [4.69, 9.17) is 0 Å². The second-order valence-electron chi connectivity index (χ2n) is 4.32. The third-order valence-electron chi connectivity index (χ3n) is 3.26. The fraction of sp³-hybridized carbons (Fsp3) is 0.900. The maximum absolute atomic E-state index is 11.6. The number of nitrogens with zero attached hydrogens (tertiary/aromatic N) is 1. The summed E-state index contributed by atoms with van der Waals surface area (Å²) in [5.74, 6) is -0.836. The molecule has 1 unspecified atom stereocenters. The monoisotopic (exact) mass is 249 g/mol. The highest BCUT2D eigenvalue weighted by molar-refractivity contribution is 7.89. The van der Waals surface area contributed by atoms with Gasteiger partial charge in [-0.05, 0) is 19.8 Å². The van der Waals surface area contributed by atoms with E-state index < -0.39 is 21.4 Å². The molecule has 0 saturated carbocycles. The lowest BCUT2D eigenvalue weighted by Gasteiger charge is -2.23. The molecule has 0 aromatic heterocycles. The molecule has 0 aromatic carbocycles. The molecule has 16 heavy (non-hydrogen) atoms. The fourth-order valence-corrected chi connectivity index (χ4v) is 3.40. The van der Waals surface area contributed by atoms with Crippen LogP contribution in [0.5, 0.6) is 0 Å². The van der Waals surface area contributed by atoms with Crippen LogP contribution >= 0.6 is 0 Å². The number of carboxylic acids is 1. The third kappa shape index (κ3) is 2.38. The van der Waals surface area contributed by atoms with Crippen LogP contribution in [0, 0.1) is 5.41 Å². The standard InChI is InChI=1S/C10H19NO4S/c1-3-5-10(9(12)13)6-7-11(8-10)16(14,15)4-2/h3-8H2,1-2H3,(H,12,13). The normalized spacial score (nSPS) is 27.1. The Kier molecular flexibility index (Phi) is 3.96. The van der Waals surface area contributed by atoms with E-state index in [0.717, 1.165) is 6.42 Å². The largest absolute Gasteiger partial charge is 0.481 e. The van der Waals surface area contributed by atoms with Crippen LogP contribution in [-0.2, 0) is 14.8 Å². The number of carboxylic acid groups (broad SMARTS) is 1. The Hall–Kier alpha value is -0.620. The first kappa shape index (κ1) is 13.4. The predicted molar refractivity (Wildman–Crippen MR) is 60.6 cm³/mol. The smallest absolute Gasteiger partial charge is 0.311 e. The van der Waals surface area contributed by atoms with Crippen molar-refractivity contribution in [2.45, 2.75) is 33.1 Å². The molecule has 0 radical (unpaired) electrons. The molecule has 0 amide bonds. The Balaban J connectivity index is 2.87. The second-order valence-corrected chi connectivity index (χ2v) is 6.58. The van der Waals surface area contributed by atoms with Gasteiger partial charge in [-0.3, -0.25) is 4.79 Å². The SMILES string of the molecule is CCCC1(C(=O)O)CCN(S(=O)(=O)CC)C1. The molecule has 0 spiro atoms. The highest BCUT2D eigenvalue weighted by atomic mass is 32.2.